The van der Waals surface area contributed by atoms with E-state index in [2.05, 4.69) is 71.7 Å². The Balaban J connectivity index is 1.46. The van der Waals surface area contributed by atoms with Gasteiger partial charge < -0.3 is 14.7 Å². The van der Waals surface area contributed by atoms with Gasteiger partial charge in [0.25, 0.3) is 0 Å². The van der Waals surface area contributed by atoms with Crippen LogP contribution in [0.4, 0.5) is 5.69 Å². The molecular formula is C23H40N4. The fourth-order valence-electron chi connectivity index (χ4n) is 4.61. The minimum atomic E-state index is 0.732. The number of hydrogen-bond acceptors (Lipinski definition) is 4. The Morgan fingerprint density at radius 1 is 0.926 bits per heavy atom. The summed E-state index contributed by atoms with van der Waals surface area (Å²) in [5, 5.41) is 0. The number of nitrogens with zero attached hydrogens (tertiary/aromatic N) is 4. The van der Waals surface area contributed by atoms with Crippen molar-refractivity contribution in [3.63, 3.8) is 0 Å². The lowest BCUT2D eigenvalue weighted by Crippen LogP contribution is -2.46. The Hall–Kier alpha value is -1.10. The predicted molar refractivity (Wildman–Crippen MR) is 117 cm³/mol. The van der Waals surface area contributed by atoms with Gasteiger partial charge in [0, 0.05) is 51.0 Å². The van der Waals surface area contributed by atoms with E-state index in [1.54, 1.807) is 0 Å². The van der Waals surface area contributed by atoms with Crippen molar-refractivity contribution in [1.82, 2.24) is 14.7 Å². The smallest absolute Gasteiger partial charge is 0.0367 e. The van der Waals surface area contributed by atoms with Crippen LogP contribution in [0.3, 0.4) is 0 Å². The third-order valence-electron chi connectivity index (χ3n) is 6.36. The molecule has 0 atom stereocenters. The van der Waals surface area contributed by atoms with Gasteiger partial charge in [-0.2, -0.15) is 0 Å². The van der Waals surface area contributed by atoms with Crippen molar-refractivity contribution in [2.75, 3.05) is 64.3 Å². The molecule has 2 aliphatic heterocycles. The van der Waals surface area contributed by atoms with Crippen LogP contribution in [0, 0.1) is 5.92 Å². The van der Waals surface area contributed by atoms with Crippen LogP contribution in [-0.4, -0.2) is 80.1 Å². The molecule has 2 aliphatic rings. The summed E-state index contributed by atoms with van der Waals surface area (Å²) in [6.45, 7) is 17.6. The zero-order valence-electron chi connectivity index (χ0n) is 18.0. The number of hydrogen-bond donors (Lipinski definition) is 0. The molecule has 0 bridgehead atoms. The molecule has 3 rings (SSSR count). The maximum absolute atomic E-state index is 2.64. The lowest BCUT2D eigenvalue weighted by molar-refractivity contribution is 0.115. The largest absolute Gasteiger partial charge is 0.369 e. The number of piperidine rings is 1. The van der Waals surface area contributed by atoms with Gasteiger partial charge in [0.1, 0.15) is 0 Å². The highest BCUT2D eigenvalue weighted by Crippen LogP contribution is 2.21. The molecule has 4 heteroatoms. The second kappa shape index (κ2) is 9.90. The summed E-state index contributed by atoms with van der Waals surface area (Å²) < 4.78 is 0. The molecule has 0 saturated carbocycles. The average Bonchev–Trinajstić information content (AvgIpc) is 2.69. The molecule has 0 radical (unpaired) electrons. The SMILES string of the molecule is CCN1CCN(c2ccc(CN(C)C3CCN(CC(C)C)CC3)cc2)CC1. The van der Waals surface area contributed by atoms with Gasteiger partial charge >= 0.3 is 0 Å². The molecule has 0 spiro atoms. The van der Waals surface area contributed by atoms with Crippen LogP contribution in [0.1, 0.15) is 39.2 Å². The number of rotatable bonds is 7. The summed E-state index contributed by atoms with van der Waals surface area (Å²) in [7, 11) is 2.31. The van der Waals surface area contributed by atoms with Crippen molar-refractivity contribution in [2.24, 2.45) is 5.92 Å². The normalized spacial score (nSPS) is 20.7. The van der Waals surface area contributed by atoms with E-state index in [1.165, 1.54) is 63.4 Å². The summed E-state index contributed by atoms with van der Waals surface area (Å²) in [6, 6.07) is 10.1. The third-order valence-corrected chi connectivity index (χ3v) is 6.36. The van der Waals surface area contributed by atoms with Crippen LogP contribution in [0.5, 0.6) is 0 Å². The molecule has 0 aromatic heterocycles. The molecule has 2 fully saturated rings. The van der Waals surface area contributed by atoms with Crippen LogP contribution in [-0.2, 0) is 6.54 Å². The Labute approximate surface area is 167 Å². The molecule has 0 amide bonds. The van der Waals surface area contributed by atoms with Gasteiger partial charge in [-0.1, -0.05) is 32.9 Å². The summed E-state index contributed by atoms with van der Waals surface area (Å²) in [5.74, 6) is 0.780. The van der Waals surface area contributed by atoms with Crippen molar-refractivity contribution in [1.29, 1.82) is 0 Å². The number of piperazine rings is 1. The molecular weight excluding hydrogens is 332 g/mol. The molecule has 1 aromatic carbocycles. The van der Waals surface area contributed by atoms with Crippen molar-refractivity contribution in [3.05, 3.63) is 29.8 Å². The highest BCUT2D eigenvalue weighted by Gasteiger charge is 2.23. The lowest BCUT2D eigenvalue weighted by Gasteiger charge is -2.37. The summed E-state index contributed by atoms with van der Waals surface area (Å²) in [6.07, 6.45) is 2.62. The number of likely N-dealkylation sites (tertiary alicyclic amines) is 1. The van der Waals surface area contributed by atoms with E-state index in [9.17, 15) is 0 Å². The quantitative estimate of drug-likeness (QED) is 0.727. The number of anilines is 1. The van der Waals surface area contributed by atoms with E-state index in [0.29, 0.717) is 0 Å². The Kier molecular flexibility index (Phi) is 7.57. The fraction of sp³-hybridized carbons (Fsp3) is 0.739. The molecule has 0 N–H and O–H groups in total. The topological polar surface area (TPSA) is 13.0 Å². The zero-order valence-corrected chi connectivity index (χ0v) is 18.0. The molecule has 2 heterocycles. The minimum absolute atomic E-state index is 0.732. The Morgan fingerprint density at radius 3 is 2.11 bits per heavy atom. The van der Waals surface area contributed by atoms with Gasteiger partial charge in [-0.25, -0.2) is 0 Å². The molecule has 0 aliphatic carbocycles. The van der Waals surface area contributed by atoms with Crippen molar-refractivity contribution >= 4 is 5.69 Å². The molecule has 152 valence electrons. The summed E-state index contributed by atoms with van der Waals surface area (Å²) >= 11 is 0. The predicted octanol–water partition coefficient (Wildman–Crippen LogP) is 3.38. The van der Waals surface area contributed by atoms with Crippen LogP contribution in [0.25, 0.3) is 0 Å². The maximum Gasteiger partial charge on any atom is 0.0367 e. The van der Waals surface area contributed by atoms with Crippen molar-refractivity contribution in [3.8, 4) is 0 Å². The van der Waals surface area contributed by atoms with Crippen LogP contribution in [0.15, 0.2) is 24.3 Å². The van der Waals surface area contributed by atoms with E-state index < -0.39 is 0 Å². The lowest BCUT2D eigenvalue weighted by atomic mass is 10.0. The van der Waals surface area contributed by atoms with Gasteiger partial charge in [0.2, 0.25) is 0 Å². The van der Waals surface area contributed by atoms with Gasteiger partial charge in [0.15, 0.2) is 0 Å². The van der Waals surface area contributed by atoms with Crippen LogP contribution >= 0.6 is 0 Å². The van der Waals surface area contributed by atoms with E-state index in [0.717, 1.165) is 31.6 Å². The van der Waals surface area contributed by atoms with Gasteiger partial charge in [0.05, 0.1) is 0 Å². The molecule has 0 unspecified atom stereocenters. The van der Waals surface area contributed by atoms with E-state index in [4.69, 9.17) is 0 Å². The Bertz CT molecular complexity index is 540. The second-order valence-electron chi connectivity index (χ2n) is 8.93. The van der Waals surface area contributed by atoms with Gasteiger partial charge in [-0.15, -0.1) is 0 Å². The number of likely N-dealkylation sites (N-methyl/N-ethyl adjacent to an activating group) is 1. The highest BCUT2D eigenvalue weighted by molar-refractivity contribution is 5.48. The van der Waals surface area contributed by atoms with E-state index in [-0.39, 0.29) is 0 Å². The average molecular weight is 373 g/mol. The summed E-state index contributed by atoms with van der Waals surface area (Å²) in [5.41, 5.74) is 2.83. The molecule has 2 saturated heterocycles. The first-order chi connectivity index (χ1) is 13.0. The minimum Gasteiger partial charge on any atom is -0.369 e. The monoisotopic (exact) mass is 372 g/mol. The molecule has 27 heavy (non-hydrogen) atoms. The fourth-order valence-corrected chi connectivity index (χ4v) is 4.61. The first kappa shape index (κ1) is 20.6. The van der Waals surface area contributed by atoms with Crippen LogP contribution < -0.4 is 4.90 Å². The summed E-state index contributed by atoms with van der Waals surface area (Å²) in [4.78, 5) is 10.3. The van der Waals surface area contributed by atoms with E-state index >= 15 is 0 Å². The number of benzene rings is 1. The maximum atomic E-state index is 2.64. The van der Waals surface area contributed by atoms with Crippen LogP contribution in [0.2, 0.25) is 0 Å². The first-order valence-electron chi connectivity index (χ1n) is 11.0. The first-order valence-corrected chi connectivity index (χ1v) is 11.0. The van der Waals surface area contributed by atoms with Gasteiger partial charge in [-0.05, 0) is 63.1 Å². The van der Waals surface area contributed by atoms with E-state index in [1.807, 2.05) is 0 Å². The molecule has 1 aromatic rings. The van der Waals surface area contributed by atoms with Crippen molar-refractivity contribution in [2.45, 2.75) is 46.2 Å². The molecule has 4 nitrogen and oxygen atoms in total. The highest BCUT2D eigenvalue weighted by atomic mass is 15.3. The van der Waals surface area contributed by atoms with Gasteiger partial charge in [-0.3, -0.25) is 4.90 Å². The second-order valence-corrected chi connectivity index (χ2v) is 8.93. The van der Waals surface area contributed by atoms with Crippen molar-refractivity contribution < 1.29 is 0 Å². The standard InChI is InChI=1S/C23H40N4/c1-5-25-14-16-27(17-15-25)23-8-6-21(7-9-23)19-24(4)22-10-12-26(13-11-22)18-20(2)3/h6-9,20,22H,5,10-19H2,1-4H3. The zero-order chi connectivity index (χ0) is 19.2. The Morgan fingerprint density at radius 2 is 1.56 bits per heavy atom. The third kappa shape index (κ3) is 5.94.